The first-order valence-corrected chi connectivity index (χ1v) is 11.9. The van der Waals surface area contributed by atoms with Crippen LogP contribution in [0.2, 0.25) is 0 Å². The number of carbonyl (C=O) groups excluding carboxylic acids is 1. The van der Waals surface area contributed by atoms with Crippen molar-refractivity contribution in [1.82, 2.24) is 5.32 Å². The molecule has 2 aromatic carbocycles. The van der Waals surface area contributed by atoms with Gasteiger partial charge in [-0.1, -0.05) is 19.1 Å². The number of nitrogens with zero attached hydrogens (tertiary/aromatic N) is 1. The van der Waals surface area contributed by atoms with Crippen molar-refractivity contribution in [2.75, 3.05) is 23.7 Å². The maximum absolute atomic E-state index is 13.2. The van der Waals surface area contributed by atoms with Crippen molar-refractivity contribution in [2.45, 2.75) is 39.2 Å². The number of nitrogens with one attached hydrogen (secondary N) is 1. The van der Waals surface area contributed by atoms with Crippen LogP contribution >= 0.6 is 0 Å². The number of carbonyl (C=O) groups is 1. The lowest BCUT2D eigenvalue weighted by Gasteiger charge is -2.30. The molecule has 2 rings (SSSR count). The molecular formula is C22H29FN2O4S. The molecular weight excluding hydrogens is 407 g/mol. The number of hydrogen-bond donors (Lipinski definition) is 1. The van der Waals surface area contributed by atoms with Crippen LogP contribution in [-0.4, -0.2) is 39.8 Å². The summed E-state index contributed by atoms with van der Waals surface area (Å²) in [6.45, 7) is 4.71. The van der Waals surface area contributed by atoms with Gasteiger partial charge in [-0.25, -0.2) is 12.8 Å². The lowest BCUT2D eigenvalue weighted by atomic mass is 10.1. The van der Waals surface area contributed by atoms with Crippen molar-refractivity contribution in [3.63, 3.8) is 0 Å². The van der Waals surface area contributed by atoms with Gasteiger partial charge in [0.25, 0.3) is 0 Å². The van der Waals surface area contributed by atoms with Crippen LogP contribution in [0.25, 0.3) is 0 Å². The number of amides is 1. The van der Waals surface area contributed by atoms with Gasteiger partial charge in [-0.3, -0.25) is 9.10 Å². The number of rotatable bonds is 11. The summed E-state index contributed by atoms with van der Waals surface area (Å²) in [6.07, 6.45) is 2.82. The van der Waals surface area contributed by atoms with Crippen LogP contribution in [0.3, 0.4) is 0 Å². The second-order valence-corrected chi connectivity index (χ2v) is 8.79. The summed E-state index contributed by atoms with van der Waals surface area (Å²) >= 11 is 0. The highest BCUT2D eigenvalue weighted by Gasteiger charge is 2.31. The maximum atomic E-state index is 13.2. The highest BCUT2D eigenvalue weighted by Crippen LogP contribution is 2.23. The van der Waals surface area contributed by atoms with Crippen LogP contribution in [-0.2, 0) is 21.2 Å². The Labute approximate surface area is 178 Å². The summed E-state index contributed by atoms with van der Waals surface area (Å²) in [6, 6.07) is 12.0. The Bertz CT molecular complexity index is 915. The van der Waals surface area contributed by atoms with E-state index in [0.29, 0.717) is 19.6 Å². The third-order valence-electron chi connectivity index (χ3n) is 4.59. The normalized spacial score (nSPS) is 12.3. The van der Waals surface area contributed by atoms with Crippen molar-refractivity contribution < 1.29 is 22.3 Å². The molecule has 6 nitrogen and oxygen atoms in total. The van der Waals surface area contributed by atoms with E-state index in [1.807, 2.05) is 31.2 Å². The minimum atomic E-state index is -3.73. The van der Waals surface area contributed by atoms with Crippen LogP contribution in [0.4, 0.5) is 10.1 Å². The molecule has 0 aliphatic heterocycles. The molecule has 30 heavy (non-hydrogen) atoms. The fraction of sp³-hybridized carbons (Fsp3) is 0.409. The quantitative estimate of drug-likeness (QED) is 0.547. The molecule has 2 aromatic rings. The molecule has 1 atom stereocenters. The molecule has 0 fully saturated rings. The fourth-order valence-electron chi connectivity index (χ4n) is 3.19. The second kappa shape index (κ2) is 11.0. The number of halogens is 1. The predicted molar refractivity (Wildman–Crippen MR) is 117 cm³/mol. The summed E-state index contributed by atoms with van der Waals surface area (Å²) in [4.78, 5) is 12.7. The van der Waals surface area contributed by atoms with E-state index in [1.54, 1.807) is 6.92 Å². The number of hydrogen-bond acceptors (Lipinski definition) is 4. The molecule has 1 amide bonds. The summed E-state index contributed by atoms with van der Waals surface area (Å²) in [5, 5.41) is 2.83. The fourth-order valence-corrected chi connectivity index (χ4v) is 4.40. The SMILES string of the molecule is CCOc1ccc(CCCNC(=O)[C@H](CC)N(c2ccc(F)cc2)S(C)(=O)=O)cc1. The highest BCUT2D eigenvalue weighted by atomic mass is 32.2. The molecule has 1 N–H and O–H groups in total. The van der Waals surface area contributed by atoms with E-state index in [4.69, 9.17) is 4.74 Å². The zero-order valence-corrected chi connectivity index (χ0v) is 18.4. The highest BCUT2D eigenvalue weighted by molar-refractivity contribution is 7.92. The number of aryl methyl sites for hydroxylation is 1. The average Bonchev–Trinajstić information content (AvgIpc) is 2.70. The molecule has 0 heterocycles. The van der Waals surface area contributed by atoms with Gasteiger partial charge >= 0.3 is 0 Å². The lowest BCUT2D eigenvalue weighted by molar-refractivity contribution is -0.122. The van der Waals surface area contributed by atoms with E-state index >= 15 is 0 Å². The molecule has 0 spiro atoms. The Morgan fingerprint density at radius 3 is 2.27 bits per heavy atom. The van der Waals surface area contributed by atoms with Crippen molar-refractivity contribution in [3.05, 3.63) is 59.9 Å². The second-order valence-electron chi connectivity index (χ2n) is 6.93. The Morgan fingerprint density at radius 2 is 1.73 bits per heavy atom. The minimum Gasteiger partial charge on any atom is -0.494 e. The van der Waals surface area contributed by atoms with Gasteiger partial charge in [-0.15, -0.1) is 0 Å². The third kappa shape index (κ3) is 6.73. The maximum Gasteiger partial charge on any atom is 0.243 e. The van der Waals surface area contributed by atoms with Gasteiger partial charge in [0.05, 0.1) is 18.6 Å². The summed E-state index contributed by atoms with van der Waals surface area (Å²) in [5.41, 5.74) is 1.39. The first-order chi connectivity index (χ1) is 14.3. The largest absolute Gasteiger partial charge is 0.494 e. The van der Waals surface area contributed by atoms with Crippen molar-refractivity contribution in [1.29, 1.82) is 0 Å². The van der Waals surface area contributed by atoms with Gasteiger partial charge in [0.2, 0.25) is 15.9 Å². The van der Waals surface area contributed by atoms with Crippen LogP contribution < -0.4 is 14.4 Å². The van der Waals surface area contributed by atoms with Gasteiger partial charge < -0.3 is 10.1 Å². The molecule has 0 saturated carbocycles. The molecule has 0 unspecified atom stereocenters. The smallest absolute Gasteiger partial charge is 0.243 e. The topological polar surface area (TPSA) is 75.7 Å². The first kappa shape index (κ1) is 23.7. The van der Waals surface area contributed by atoms with E-state index in [0.717, 1.165) is 28.3 Å². The standard InChI is InChI=1S/C22H29FN2O4S/c1-4-21(25(30(3,27)28)19-12-10-18(23)11-13-19)22(26)24-16-6-7-17-8-14-20(15-9-17)29-5-2/h8-15,21H,4-7,16H2,1-3H3,(H,24,26)/t21-/m0/s1. The third-order valence-corrected chi connectivity index (χ3v) is 5.77. The average molecular weight is 437 g/mol. The minimum absolute atomic E-state index is 0.260. The van der Waals surface area contributed by atoms with Crippen molar-refractivity contribution >= 4 is 21.6 Å². The Hall–Kier alpha value is -2.61. The number of sulfonamides is 1. The Kier molecular flexibility index (Phi) is 8.65. The van der Waals surface area contributed by atoms with E-state index in [-0.39, 0.29) is 18.0 Å². The van der Waals surface area contributed by atoms with Crippen molar-refractivity contribution in [2.24, 2.45) is 0 Å². The lowest BCUT2D eigenvalue weighted by Crippen LogP contribution is -2.49. The van der Waals surface area contributed by atoms with Crippen LogP contribution in [0.15, 0.2) is 48.5 Å². The van der Waals surface area contributed by atoms with Crippen LogP contribution in [0.5, 0.6) is 5.75 Å². The summed E-state index contributed by atoms with van der Waals surface area (Å²) in [5.74, 6) is -0.0278. The molecule has 0 aromatic heterocycles. The predicted octanol–water partition coefficient (Wildman–Crippen LogP) is 3.52. The van der Waals surface area contributed by atoms with Crippen molar-refractivity contribution in [3.8, 4) is 5.75 Å². The zero-order chi connectivity index (χ0) is 22.1. The monoisotopic (exact) mass is 436 g/mol. The molecule has 8 heteroatoms. The molecule has 0 radical (unpaired) electrons. The van der Waals surface area contributed by atoms with E-state index < -0.39 is 21.9 Å². The van der Waals surface area contributed by atoms with Crippen LogP contribution in [0.1, 0.15) is 32.3 Å². The van der Waals surface area contributed by atoms with Gasteiger partial charge in [0.15, 0.2) is 0 Å². The molecule has 0 aliphatic rings. The van der Waals surface area contributed by atoms with E-state index in [1.165, 1.54) is 24.3 Å². The number of anilines is 1. The first-order valence-electron chi connectivity index (χ1n) is 10.0. The van der Waals surface area contributed by atoms with Gasteiger partial charge in [-0.2, -0.15) is 0 Å². The van der Waals surface area contributed by atoms with E-state index in [9.17, 15) is 17.6 Å². The van der Waals surface area contributed by atoms with Gasteiger partial charge in [0.1, 0.15) is 17.6 Å². The summed E-state index contributed by atoms with van der Waals surface area (Å²) in [7, 11) is -3.73. The number of ether oxygens (including phenoxy) is 1. The molecule has 164 valence electrons. The number of benzene rings is 2. The summed E-state index contributed by atoms with van der Waals surface area (Å²) < 4.78 is 44.4. The Balaban J connectivity index is 1.97. The Morgan fingerprint density at radius 1 is 1.10 bits per heavy atom. The van der Waals surface area contributed by atoms with Gasteiger partial charge in [-0.05, 0) is 68.1 Å². The molecule has 0 saturated heterocycles. The molecule has 0 bridgehead atoms. The van der Waals surface area contributed by atoms with E-state index in [2.05, 4.69) is 5.32 Å². The van der Waals surface area contributed by atoms with Crippen LogP contribution in [0, 0.1) is 5.82 Å². The molecule has 0 aliphatic carbocycles. The van der Waals surface area contributed by atoms with Gasteiger partial charge in [0, 0.05) is 6.54 Å². The zero-order valence-electron chi connectivity index (χ0n) is 17.6.